The molecule has 2 aromatic rings. The molecule has 2 rings (SSSR count). The Balaban J connectivity index is 1.90. The zero-order valence-electron chi connectivity index (χ0n) is 14.1. The number of hydrogen-bond donors (Lipinski definition) is 2. The molecule has 0 saturated carbocycles. The summed E-state index contributed by atoms with van der Waals surface area (Å²) < 4.78 is 14.3. The van der Waals surface area contributed by atoms with Crippen LogP contribution in [0.5, 0.6) is 0 Å². The van der Waals surface area contributed by atoms with Gasteiger partial charge in [-0.15, -0.1) is 10.2 Å². The van der Waals surface area contributed by atoms with E-state index in [1.807, 2.05) is 0 Å². The number of aromatic nitrogens is 2. The second-order valence-electron chi connectivity index (χ2n) is 5.86. The molecule has 5 nitrogen and oxygen atoms in total. The molecule has 1 aromatic heterocycles. The molecule has 0 spiro atoms. The number of amides is 1. The summed E-state index contributed by atoms with van der Waals surface area (Å²) >= 11 is 2.75. The second-order valence-corrected chi connectivity index (χ2v) is 8.43. The maximum absolute atomic E-state index is 13.5. The normalized spacial score (nSPS) is 12.2. The van der Waals surface area contributed by atoms with Crippen molar-refractivity contribution in [2.24, 2.45) is 5.92 Å². The molecule has 1 atom stereocenters. The highest BCUT2D eigenvalue weighted by Gasteiger charge is 2.17. The number of benzene rings is 1. The molecule has 0 radical (unpaired) electrons. The Labute approximate surface area is 149 Å². The van der Waals surface area contributed by atoms with Crippen molar-refractivity contribution in [3.05, 3.63) is 29.6 Å². The van der Waals surface area contributed by atoms with Gasteiger partial charge in [-0.3, -0.25) is 4.79 Å². The number of aryl methyl sites for hydroxylation is 1. The first-order valence-electron chi connectivity index (χ1n) is 7.66. The highest BCUT2D eigenvalue weighted by Crippen LogP contribution is 2.29. The van der Waals surface area contributed by atoms with Gasteiger partial charge in [0.25, 0.3) is 0 Å². The number of halogens is 1. The third-order valence-electron chi connectivity index (χ3n) is 3.15. The fourth-order valence-corrected chi connectivity index (χ4v) is 3.64. The molecule has 0 saturated heterocycles. The summed E-state index contributed by atoms with van der Waals surface area (Å²) in [5, 5.41) is 14.5. The first kappa shape index (κ1) is 18.7. The lowest BCUT2D eigenvalue weighted by molar-refractivity contribution is -0.115. The van der Waals surface area contributed by atoms with Gasteiger partial charge in [0.05, 0.1) is 5.25 Å². The summed E-state index contributed by atoms with van der Waals surface area (Å²) in [6.07, 6.45) is 0. The van der Waals surface area contributed by atoms with E-state index in [1.165, 1.54) is 29.2 Å². The van der Waals surface area contributed by atoms with Crippen molar-refractivity contribution in [3.63, 3.8) is 0 Å². The lowest BCUT2D eigenvalue weighted by Gasteiger charge is -2.10. The average Bonchev–Trinajstić information content (AvgIpc) is 2.96. The first-order valence-corrected chi connectivity index (χ1v) is 9.36. The van der Waals surface area contributed by atoms with E-state index in [-0.39, 0.29) is 17.0 Å². The standard InChI is InChI=1S/C16H21FN4OS2/c1-9(2)8-18-15-20-21-16(24-15)23-11(4)14(22)19-12-6-5-10(3)13(17)7-12/h5-7,9,11H,8H2,1-4H3,(H,18,20)(H,19,22)/t11-/m1/s1. The largest absolute Gasteiger partial charge is 0.360 e. The highest BCUT2D eigenvalue weighted by molar-refractivity contribution is 8.02. The molecule has 24 heavy (non-hydrogen) atoms. The summed E-state index contributed by atoms with van der Waals surface area (Å²) in [5.41, 5.74) is 0.998. The number of nitrogens with one attached hydrogen (secondary N) is 2. The van der Waals surface area contributed by atoms with Crippen LogP contribution < -0.4 is 10.6 Å². The molecule has 0 bridgehead atoms. The van der Waals surface area contributed by atoms with Crippen LogP contribution in [0.3, 0.4) is 0 Å². The van der Waals surface area contributed by atoms with Crippen molar-refractivity contribution in [2.75, 3.05) is 17.2 Å². The van der Waals surface area contributed by atoms with E-state index in [2.05, 4.69) is 34.7 Å². The molecular weight excluding hydrogens is 347 g/mol. The summed E-state index contributed by atoms with van der Waals surface area (Å²) in [4.78, 5) is 12.2. The minimum Gasteiger partial charge on any atom is -0.360 e. The van der Waals surface area contributed by atoms with Gasteiger partial charge in [0.1, 0.15) is 5.82 Å². The first-order chi connectivity index (χ1) is 11.3. The Kier molecular flexibility index (Phi) is 6.56. The summed E-state index contributed by atoms with van der Waals surface area (Å²) in [7, 11) is 0. The van der Waals surface area contributed by atoms with E-state index in [0.717, 1.165) is 16.0 Å². The Bertz CT molecular complexity index is 705. The molecule has 0 aliphatic heterocycles. The molecule has 8 heteroatoms. The van der Waals surface area contributed by atoms with Crippen LogP contribution in [0.2, 0.25) is 0 Å². The quantitative estimate of drug-likeness (QED) is 0.718. The van der Waals surface area contributed by atoms with E-state index in [0.29, 0.717) is 17.2 Å². The molecule has 1 amide bonds. The molecule has 1 aromatic carbocycles. The van der Waals surface area contributed by atoms with Crippen molar-refractivity contribution in [2.45, 2.75) is 37.3 Å². The lowest BCUT2D eigenvalue weighted by Crippen LogP contribution is -2.22. The van der Waals surface area contributed by atoms with E-state index >= 15 is 0 Å². The zero-order valence-corrected chi connectivity index (χ0v) is 15.7. The summed E-state index contributed by atoms with van der Waals surface area (Å²) in [6.45, 7) is 8.52. The number of rotatable bonds is 7. The van der Waals surface area contributed by atoms with Gasteiger partial charge < -0.3 is 10.6 Å². The topological polar surface area (TPSA) is 66.9 Å². The minimum atomic E-state index is -0.361. The fourth-order valence-electron chi connectivity index (χ4n) is 1.74. The number of hydrogen-bond acceptors (Lipinski definition) is 6. The average molecular weight is 369 g/mol. The van der Waals surface area contributed by atoms with E-state index in [9.17, 15) is 9.18 Å². The van der Waals surface area contributed by atoms with Gasteiger partial charge >= 0.3 is 0 Å². The van der Waals surface area contributed by atoms with Crippen molar-refractivity contribution < 1.29 is 9.18 Å². The Morgan fingerprint density at radius 2 is 2.08 bits per heavy atom. The molecule has 0 aliphatic carbocycles. The van der Waals surface area contributed by atoms with Gasteiger partial charge in [-0.25, -0.2) is 4.39 Å². The van der Waals surface area contributed by atoms with Crippen molar-refractivity contribution in [1.82, 2.24) is 10.2 Å². The third-order valence-corrected chi connectivity index (χ3v) is 5.22. The number of carbonyl (C=O) groups excluding carboxylic acids is 1. The van der Waals surface area contributed by atoms with Crippen molar-refractivity contribution in [3.8, 4) is 0 Å². The smallest absolute Gasteiger partial charge is 0.237 e. The number of nitrogens with zero attached hydrogens (tertiary/aromatic N) is 2. The maximum Gasteiger partial charge on any atom is 0.237 e. The number of thioether (sulfide) groups is 1. The van der Waals surface area contributed by atoms with Gasteiger partial charge in [-0.2, -0.15) is 0 Å². The molecule has 0 aliphatic rings. The van der Waals surface area contributed by atoms with Crippen molar-refractivity contribution >= 4 is 39.8 Å². The van der Waals surface area contributed by atoms with Crippen LogP contribution in [0.15, 0.2) is 22.5 Å². The Morgan fingerprint density at radius 1 is 1.33 bits per heavy atom. The van der Waals surface area contributed by atoms with Crippen LogP contribution in [-0.2, 0) is 4.79 Å². The monoisotopic (exact) mass is 368 g/mol. The van der Waals surface area contributed by atoms with E-state index in [1.54, 1.807) is 26.0 Å². The molecule has 1 heterocycles. The van der Waals surface area contributed by atoms with Crippen molar-refractivity contribution in [1.29, 1.82) is 0 Å². The van der Waals surface area contributed by atoms with Gasteiger partial charge in [0.2, 0.25) is 11.0 Å². The summed E-state index contributed by atoms with van der Waals surface area (Å²) in [6, 6.07) is 4.65. The van der Waals surface area contributed by atoms with Crippen LogP contribution in [0.4, 0.5) is 15.2 Å². The maximum atomic E-state index is 13.5. The highest BCUT2D eigenvalue weighted by atomic mass is 32.2. The van der Waals surface area contributed by atoms with Crippen LogP contribution >= 0.6 is 23.1 Å². The van der Waals surface area contributed by atoms with E-state index < -0.39 is 0 Å². The molecular formula is C16H21FN4OS2. The van der Waals surface area contributed by atoms with Gasteiger partial charge in [0.15, 0.2) is 4.34 Å². The van der Waals surface area contributed by atoms with Gasteiger partial charge in [-0.1, -0.05) is 43.0 Å². The van der Waals surface area contributed by atoms with E-state index in [4.69, 9.17) is 0 Å². The molecule has 2 N–H and O–H groups in total. The van der Waals surface area contributed by atoms with Crippen LogP contribution in [-0.4, -0.2) is 27.9 Å². The second kappa shape index (κ2) is 8.43. The summed E-state index contributed by atoms with van der Waals surface area (Å²) in [5.74, 6) is -0.0159. The lowest BCUT2D eigenvalue weighted by atomic mass is 10.2. The predicted molar refractivity (Wildman–Crippen MR) is 98.3 cm³/mol. The van der Waals surface area contributed by atoms with Crippen LogP contribution in [0.1, 0.15) is 26.3 Å². The number of carbonyl (C=O) groups is 1. The molecule has 130 valence electrons. The van der Waals surface area contributed by atoms with Crippen LogP contribution in [0.25, 0.3) is 0 Å². The fraction of sp³-hybridized carbons (Fsp3) is 0.438. The number of anilines is 2. The Morgan fingerprint density at radius 3 is 2.75 bits per heavy atom. The molecule has 0 fully saturated rings. The van der Waals surface area contributed by atoms with Crippen LogP contribution in [0, 0.1) is 18.7 Å². The third kappa shape index (κ3) is 5.45. The van der Waals surface area contributed by atoms with Gasteiger partial charge in [0, 0.05) is 12.2 Å². The predicted octanol–water partition coefficient (Wildman–Crippen LogP) is 4.17. The SMILES string of the molecule is Cc1ccc(NC(=O)[C@@H](C)Sc2nnc(NCC(C)C)s2)cc1F. The minimum absolute atomic E-state index is 0.199. The Hall–Kier alpha value is -1.67. The molecule has 0 unspecified atom stereocenters. The van der Waals surface area contributed by atoms with Gasteiger partial charge in [-0.05, 0) is 37.5 Å². The zero-order chi connectivity index (χ0) is 17.7.